The number of carbonyl (C=O) groups is 1. The van der Waals surface area contributed by atoms with Gasteiger partial charge in [0.15, 0.2) is 0 Å². The van der Waals surface area contributed by atoms with Crippen LogP contribution in [0.5, 0.6) is 5.88 Å². The highest BCUT2D eigenvalue weighted by Gasteiger charge is 2.37. The van der Waals surface area contributed by atoms with Gasteiger partial charge in [-0.2, -0.15) is 4.98 Å². The number of nitrogens with one attached hydrogen (secondary N) is 1. The maximum atomic E-state index is 13.3. The summed E-state index contributed by atoms with van der Waals surface area (Å²) in [5.41, 5.74) is 1.09. The van der Waals surface area contributed by atoms with Crippen molar-refractivity contribution in [3.8, 4) is 5.88 Å². The summed E-state index contributed by atoms with van der Waals surface area (Å²) in [5.74, 6) is 0.736. The molecule has 0 aliphatic carbocycles. The Morgan fingerprint density at radius 3 is 2.70 bits per heavy atom. The van der Waals surface area contributed by atoms with Gasteiger partial charge >= 0.3 is 0 Å². The van der Waals surface area contributed by atoms with Crippen LogP contribution >= 0.6 is 0 Å². The molecular weight excluding hydrogens is 342 g/mol. The van der Waals surface area contributed by atoms with E-state index in [4.69, 9.17) is 4.74 Å². The smallest absolute Gasteiger partial charge is 0.265 e. The van der Waals surface area contributed by atoms with Crippen LogP contribution in [0, 0.1) is 5.92 Å². The molecule has 1 aromatic heterocycles. The largest absolute Gasteiger partial charge is 0.446 e. The van der Waals surface area contributed by atoms with Crippen LogP contribution in [0.25, 0.3) is 6.08 Å². The average Bonchev–Trinajstić information content (AvgIpc) is 2.90. The molecule has 0 radical (unpaired) electrons. The minimum absolute atomic E-state index is 0.0830. The Bertz CT molecular complexity index is 990. The number of hydrogen-bond donors (Lipinski definition) is 1. The van der Waals surface area contributed by atoms with Crippen molar-refractivity contribution < 1.29 is 9.53 Å². The van der Waals surface area contributed by atoms with Crippen LogP contribution in [0.15, 0.2) is 53.5 Å². The fourth-order valence-corrected chi connectivity index (χ4v) is 3.51. The van der Waals surface area contributed by atoms with Crippen molar-refractivity contribution in [1.82, 2.24) is 14.9 Å². The Kier molecular flexibility index (Phi) is 4.39. The predicted octanol–water partition coefficient (Wildman–Crippen LogP) is 2.77. The summed E-state index contributed by atoms with van der Waals surface area (Å²) >= 11 is 0. The molecule has 0 fully saturated rings. The first-order valence-electron chi connectivity index (χ1n) is 9.07. The third kappa shape index (κ3) is 3.07. The molecule has 0 saturated heterocycles. The summed E-state index contributed by atoms with van der Waals surface area (Å²) < 4.78 is 7.07. The highest BCUT2D eigenvalue weighted by molar-refractivity contribution is 5.82. The highest BCUT2D eigenvalue weighted by atomic mass is 16.5. The van der Waals surface area contributed by atoms with Gasteiger partial charge in [0.25, 0.3) is 5.56 Å². The molecule has 3 heterocycles. The molecule has 6 nitrogen and oxygen atoms in total. The van der Waals surface area contributed by atoms with Gasteiger partial charge in [-0.25, -0.2) is 0 Å². The number of rotatable bonds is 3. The molecule has 4 rings (SSSR count). The molecule has 1 N–H and O–H groups in total. The predicted molar refractivity (Wildman–Crippen MR) is 102 cm³/mol. The lowest BCUT2D eigenvalue weighted by molar-refractivity contribution is -0.127. The number of ether oxygens (including phenoxy) is 1. The normalized spacial score (nSPS) is 20.5. The quantitative estimate of drug-likeness (QED) is 0.910. The van der Waals surface area contributed by atoms with E-state index < -0.39 is 6.04 Å². The minimum Gasteiger partial charge on any atom is -0.446 e. The molecular formula is C21H21N3O3. The van der Waals surface area contributed by atoms with Crippen molar-refractivity contribution in [2.75, 3.05) is 0 Å². The summed E-state index contributed by atoms with van der Waals surface area (Å²) in [6.45, 7) is 3.98. The number of carbonyl (C=O) groups excluding carboxylic acids is 1. The summed E-state index contributed by atoms with van der Waals surface area (Å²) in [5, 5.41) is 3.04. The topological polar surface area (TPSA) is 73.2 Å². The molecule has 2 aliphatic heterocycles. The second-order valence-electron chi connectivity index (χ2n) is 7.11. The molecule has 2 aromatic rings. The van der Waals surface area contributed by atoms with Gasteiger partial charge in [-0.3, -0.25) is 14.2 Å². The van der Waals surface area contributed by atoms with E-state index in [2.05, 4.69) is 10.3 Å². The van der Waals surface area contributed by atoms with Gasteiger partial charge in [-0.05, 0) is 23.6 Å². The van der Waals surface area contributed by atoms with Gasteiger partial charge in [0, 0.05) is 6.42 Å². The maximum absolute atomic E-state index is 13.3. The second kappa shape index (κ2) is 6.87. The fraction of sp³-hybridized carbons (Fsp3) is 0.286. The van der Waals surface area contributed by atoms with Crippen LogP contribution in [0.2, 0.25) is 0 Å². The molecule has 138 valence electrons. The first-order valence-corrected chi connectivity index (χ1v) is 9.07. The average molecular weight is 363 g/mol. The number of hydrogen-bond acceptors (Lipinski definition) is 4. The van der Waals surface area contributed by atoms with Gasteiger partial charge in [0.2, 0.25) is 11.8 Å². The molecule has 2 atom stereocenters. The summed E-state index contributed by atoms with van der Waals surface area (Å²) in [6.07, 6.45) is 7.04. The number of amides is 1. The first-order chi connectivity index (χ1) is 13.1. The Balaban J connectivity index is 1.90. The molecule has 1 amide bonds. The molecule has 0 saturated carbocycles. The molecule has 2 unspecified atom stereocenters. The molecule has 6 heteroatoms. The second-order valence-corrected chi connectivity index (χ2v) is 7.11. The standard InChI is InChI=1S/C21H21N3O3/c1-13(2)17-18-23-20-15(10-6-7-11-27-20)21(26)24(18)16(19(25)22-17)12-14-8-4-3-5-9-14/h3-11,13,16-17H,12H2,1-2H3,(H,22,25). The Hall–Kier alpha value is -3.15. The summed E-state index contributed by atoms with van der Waals surface area (Å²) in [7, 11) is 0. The van der Waals surface area contributed by atoms with E-state index in [-0.39, 0.29) is 29.3 Å². The van der Waals surface area contributed by atoms with Gasteiger partial charge in [-0.15, -0.1) is 0 Å². The number of allylic oxidation sites excluding steroid dienone is 2. The van der Waals surface area contributed by atoms with Crippen LogP contribution in [0.1, 0.15) is 42.9 Å². The van der Waals surface area contributed by atoms with E-state index in [0.29, 0.717) is 17.8 Å². The van der Waals surface area contributed by atoms with Gasteiger partial charge in [0.1, 0.15) is 17.4 Å². The minimum atomic E-state index is -0.646. The molecule has 0 spiro atoms. The van der Waals surface area contributed by atoms with Crippen molar-refractivity contribution in [3.05, 3.63) is 76.1 Å². The fourth-order valence-electron chi connectivity index (χ4n) is 3.51. The lowest BCUT2D eigenvalue weighted by Crippen LogP contribution is -2.50. The maximum Gasteiger partial charge on any atom is 0.265 e. The zero-order valence-electron chi connectivity index (χ0n) is 15.3. The van der Waals surface area contributed by atoms with Crippen LogP contribution in [0.3, 0.4) is 0 Å². The highest BCUT2D eigenvalue weighted by Crippen LogP contribution is 2.31. The van der Waals surface area contributed by atoms with Crippen LogP contribution in [0.4, 0.5) is 0 Å². The summed E-state index contributed by atoms with van der Waals surface area (Å²) in [6, 6.07) is 8.69. The van der Waals surface area contributed by atoms with E-state index in [1.54, 1.807) is 22.8 Å². The van der Waals surface area contributed by atoms with Crippen molar-refractivity contribution in [1.29, 1.82) is 0 Å². The third-order valence-electron chi connectivity index (χ3n) is 4.90. The lowest BCUT2D eigenvalue weighted by Gasteiger charge is -2.35. The Morgan fingerprint density at radius 1 is 1.19 bits per heavy atom. The van der Waals surface area contributed by atoms with Gasteiger partial charge in [0.05, 0.1) is 12.3 Å². The monoisotopic (exact) mass is 363 g/mol. The van der Waals surface area contributed by atoms with E-state index in [0.717, 1.165) is 5.56 Å². The molecule has 0 bridgehead atoms. The van der Waals surface area contributed by atoms with Gasteiger partial charge in [-0.1, -0.05) is 50.3 Å². The van der Waals surface area contributed by atoms with Crippen LogP contribution in [-0.2, 0) is 11.2 Å². The third-order valence-corrected chi connectivity index (χ3v) is 4.90. The van der Waals surface area contributed by atoms with Crippen molar-refractivity contribution in [2.45, 2.75) is 32.4 Å². The number of benzene rings is 1. The van der Waals surface area contributed by atoms with Crippen LogP contribution < -0.4 is 15.6 Å². The van der Waals surface area contributed by atoms with E-state index >= 15 is 0 Å². The SMILES string of the molecule is CC(C)C1NC(=O)C(Cc2ccccc2)n2c1nc1c(c2=O)C=CC=CO1. The van der Waals surface area contributed by atoms with E-state index in [1.807, 2.05) is 44.2 Å². The zero-order chi connectivity index (χ0) is 19.0. The Morgan fingerprint density at radius 2 is 1.96 bits per heavy atom. The van der Waals surface area contributed by atoms with Crippen LogP contribution in [-0.4, -0.2) is 15.5 Å². The first kappa shape index (κ1) is 17.3. The number of aromatic nitrogens is 2. The lowest BCUT2D eigenvalue weighted by atomic mass is 9.96. The Labute approximate surface area is 157 Å². The van der Waals surface area contributed by atoms with E-state index in [9.17, 15) is 9.59 Å². The zero-order valence-corrected chi connectivity index (χ0v) is 15.3. The van der Waals surface area contributed by atoms with Crippen molar-refractivity contribution in [3.63, 3.8) is 0 Å². The summed E-state index contributed by atoms with van der Waals surface area (Å²) in [4.78, 5) is 30.8. The molecule has 27 heavy (non-hydrogen) atoms. The molecule has 2 aliphatic rings. The number of nitrogens with zero attached hydrogens (tertiary/aromatic N) is 2. The van der Waals surface area contributed by atoms with Crippen molar-refractivity contribution >= 4 is 12.0 Å². The van der Waals surface area contributed by atoms with Gasteiger partial charge < -0.3 is 10.1 Å². The van der Waals surface area contributed by atoms with Crippen molar-refractivity contribution in [2.24, 2.45) is 5.92 Å². The van der Waals surface area contributed by atoms with E-state index in [1.165, 1.54) is 6.26 Å². The number of fused-ring (bicyclic) bond motifs is 2. The molecule has 1 aromatic carbocycles.